The summed E-state index contributed by atoms with van der Waals surface area (Å²) in [5, 5.41) is 6.33. The van der Waals surface area contributed by atoms with Crippen molar-refractivity contribution >= 4 is 16.5 Å². The molecule has 0 saturated carbocycles. The zero-order valence-corrected chi connectivity index (χ0v) is 9.19. The molecule has 0 aliphatic heterocycles. The zero-order chi connectivity index (χ0) is 9.84. The molecule has 0 saturated heterocycles. The first-order valence-electron chi connectivity index (χ1n) is 4.55. The minimum absolute atomic E-state index is 0.360. The van der Waals surface area contributed by atoms with Crippen LogP contribution in [-0.2, 0) is 0 Å². The quantitative estimate of drug-likeness (QED) is 0.780. The smallest absolute Gasteiger partial charge is 0.183 e. The SMILES string of the molecule is CC(C)Nc1nc(C(C)CN)cs1. The van der Waals surface area contributed by atoms with Crippen LogP contribution in [0.3, 0.4) is 0 Å². The lowest BCUT2D eigenvalue weighted by Gasteiger charge is -2.05. The third kappa shape index (κ3) is 2.97. The largest absolute Gasteiger partial charge is 0.359 e. The molecule has 0 spiro atoms. The van der Waals surface area contributed by atoms with Crippen molar-refractivity contribution in [3.63, 3.8) is 0 Å². The summed E-state index contributed by atoms with van der Waals surface area (Å²) in [5.74, 6) is 0.360. The van der Waals surface area contributed by atoms with E-state index in [1.807, 2.05) is 0 Å². The highest BCUT2D eigenvalue weighted by molar-refractivity contribution is 7.13. The number of rotatable bonds is 4. The van der Waals surface area contributed by atoms with Crippen LogP contribution in [0.5, 0.6) is 0 Å². The minimum Gasteiger partial charge on any atom is -0.359 e. The lowest BCUT2D eigenvalue weighted by atomic mass is 10.1. The molecule has 1 unspecified atom stereocenters. The van der Waals surface area contributed by atoms with Gasteiger partial charge in [0.1, 0.15) is 0 Å². The highest BCUT2D eigenvalue weighted by Crippen LogP contribution is 2.21. The van der Waals surface area contributed by atoms with Gasteiger partial charge in [-0.15, -0.1) is 11.3 Å². The van der Waals surface area contributed by atoms with Gasteiger partial charge in [0.15, 0.2) is 5.13 Å². The van der Waals surface area contributed by atoms with E-state index in [4.69, 9.17) is 5.73 Å². The van der Waals surface area contributed by atoms with Gasteiger partial charge in [0.2, 0.25) is 0 Å². The van der Waals surface area contributed by atoms with Gasteiger partial charge in [0.25, 0.3) is 0 Å². The monoisotopic (exact) mass is 199 g/mol. The van der Waals surface area contributed by atoms with Crippen LogP contribution in [0.2, 0.25) is 0 Å². The Balaban J connectivity index is 2.63. The molecule has 74 valence electrons. The van der Waals surface area contributed by atoms with E-state index in [1.165, 1.54) is 0 Å². The molecule has 0 radical (unpaired) electrons. The summed E-state index contributed by atoms with van der Waals surface area (Å²) < 4.78 is 0. The molecule has 3 N–H and O–H groups in total. The van der Waals surface area contributed by atoms with E-state index in [-0.39, 0.29) is 0 Å². The molecule has 0 fully saturated rings. The molecule has 0 bridgehead atoms. The first-order chi connectivity index (χ1) is 6.13. The predicted octanol–water partition coefficient (Wildman–Crippen LogP) is 2.03. The number of nitrogens with zero attached hydrogens (tertiary/aromatic N) is 1. The molecule has 0 aromatic carbocycles. The maximum Gasteiger partial charge on any atom is 0.183 e. The van der Waals surface area contributed by atoms with E-state index >= 15 is 0 Å². The lowest BCUT2D eigenvalue weighted by molar-refractivity contribution is 0.751. The van der Waals surface area contributed by atoms with Gasteiger partial charge in [-0.25, -0.2) is 4.98 Å². The normalized spacial score (nSPS) is 13.3. The Bertz CT molecular complexity index is 257. The molecule has 13 heavy (non-hydrogen) atoms. The van der Waals surface area contributed by atoms with Gasteiger partial charge >= 0.3 is 0 Å². The second-order valence-corrected chi connectivity index (χ2v) is 4.37. The molecule has 1 rings (SSSR count). The van der Waals surface area contributed by atoms with Crippen molar-refractivity contribution in [3.8, 4) is 0 Å². The summed E-state index contributed by atoms with van der Waals surface area (Å²) in [7, 11) is 0. The van der Waals surface area contributed by atoms with Crippen molar-refractivity contribution in [2.75, 3.05) is 11.9 Å². The van der Waals surface area contributed by atoms with Gasteiger partial charge in [-0.05, 0) is 13.8 Å². The van der Waals surface area contributed by atoms with Crippen LogP contribution in [0, 0.1) is 0 Å². The van der Waals surface area contributed by atoms with Gasteiger partial charge in [0.05, 0.1) is 5.69 Å². The van der Waals surface area contributed by atoms with E-state index in [9.17, 15) is 0 Å². The van der Waals surface area contributed by atoms with Crippen LogP contribution in [0.15, 0.2) is 5.38 Å². The number of thiazole rings is 1. The summed E-state index contributed by atoms with van der Waals surface area (Å²) in [6.45, 7) is 6.96. The molecule has 1 aromatic heterocycles. The highest BCUT2D eigenvalue weighted by atomic mass is 32.1. The Morgan fingerprint density at radius 2 is 2.23 bits per heavy atom. The fourth-order valence-corrected chi connectivity index (χ4v) is 1.93. The third-order valence-electron chi connectivity index (χ3n) is 1.79. The van der Waals surface area contributed by atoms with Gasteiger partial charge < -0.3 is 11.1 Å². The molecular weight excluding hydrogens is 182 g/mol. The van der Waals surface area contributed by atoms with Gasteiger partial charge in [-0.1, -0.05) is 6.92 Å². The summed E-state index contributed by atoms with van der Waals surface area (Å²) in [5.41, 5.74) is 6.65. The van der Waals surface area contributed by atoms with E-state index in [0.29, 0.717) is 18.5 Å². The fraction of sp³-hybridized carbons (Fsp3) is 0.667. The van der Waals surface area contributed by atoms with Crippen molar-refractivity contribution < 1.29 is 0 Å². The molecule has 1 aromatic rings. The van der Waals surface area contributed by atoms with Crippen LogP contribution < -0.4 is 11.1 Å². The van der Waals surface area contributed by atoms with Crippen LogP contribution >= 0.6 is 11.3 Å². The number of hydrogen-bond donors (Lipinski definition) is 2. The lowest BCUT2D eigenvalue weighted by Crippen LogP contribution is -2.11. The van der Waals surface area contributed by atoms with E-state index < -0.39 is 0 Å². The van der Waals surface area contributed by atoms with Crippen LogP contribution in [0.25, 0.3) is 0 Å². The van der Waals surface area contributed by atoms with Gasteiger partial charge in [0, 0.05) is 23.9 Å². The maximum atomic E-state index is 5.56. The second kappa shape index (κ2) is 4.58. The predicted molar refractivity (Wildman–Crippen MR) is 58.3 cm³/mol. The molecule has 3 nitrogen and oxygen atoms in total. The van der Waals surface area contributed by atoms with Gasteiger partial charge in [-0.3, -0.25) is 0 Å². The highest BCUT2D eigenvalue weighted by Gasteiger charge is 2.08. The number of nitrogens with one attached hydrogen (secondary N) is 1. The van der Waals surface area contributed by atoms with E-state index in [0.717, 1.165) is 10.8 Å². The number of nitrogens with two attached hydrogens (primary N) is 1. The van der Waals surface area contributed by atoms with Crippen molar-refractivity contribution in [2.24, 2.45) is 5.73 Å². The van der Waals surface area contributed by atoms with Crippen molar-refractivity contribution in [1.29, 1.82) is 0 Å². The molecule has 1 heterocycles. The van der Waals surface area contributed by atoms with Crippen molar-refractivity contribution in [1.82, 2.24) is 4.98 Å². The van der Waals surface area contributed by atoms with Gasteiger partial charge in [-0.2, -0.15) is 0 Å². The van der Waals surface area contributed by atoms with Crippen LogP contribution in [0.4, 0.5) is 5.13 Å². The molecule has 0 aliphatic carbocycles. The van der Waals surface area contributed by atoms with E-state index in [1.54, 1.807) is 11.3 Å². The molecular formula is C9H17N3S. The number of anilines is 1. The second-order valence-electron chi connectivity index (χ2n) is 3.51. The first kappa shape index (κ1) is 10.5. The number of aromatic nitrogens is 1. The summed E-state index contributed by atoms with van der Waals surface area (Å²) in [6, 6.07) is 0.437. The molecule has 4 heteroatoms. The molecule has 0 aliphatic rings. The summed E-state index contributed by atoms with van der Waals surface area (Å²) in [4.78, 5) is 4.45. The fourth-order valence-electron chi connectivity index (χ4n) is 0.946. The maximum absolute atomic E-state index is 5.56. The summed E-state index contributed by atoms with van der Waals surface area (Å²) >= 11 is 1.64. The average molecular weight is 199 g/mol. The topological polar surface area (TPSA) is 50.9 Å². The Kier molecular flexibility index (Phi) is 3.69. The van der Waals surface area contributed by atoms with Crippen LogP contribution in [0.1, 0.15) is 32.4 Å². The van der Waals surface area contributed by atoms with E-state index in [2.05, 4.69) is 36.5 Å². The Hall–Kier alpha value is -0.610. The van der Waals surface area contributed by atoms with Crippen LogP contribution in [-0.4, -0.2) is 17.6 Å². The Morgan fingerprint density at radius 1 is 1.54 bits per heavy atom. The first-order valence-corrected chi connectivity index (χ1v) is 5.43. The third-order valence-corrected chi connectivity index (χ3v) is 2.58. The molecule has 0 amide bonds. The number of hydrogen-bond acceptors (Lipinski definition) is 4. The summed E-state index contributed by atoms with van der Waals surface area (Å²) in [6.07, 6.45) is 0. The molecule has 1 atom stereocenters. The standard InChI is InChI=1S/C9H17N3S/c1-6(2)11-9-12-8(5-13-9)7(3)4-10/h5-7H,4,10H2,1-3H3,(H,11,12). The Morgan fingerprint density at radius 3 is 2.77 bits per heavy atom. The van der Waals surface area contributed by atoms with Crippen molar-refractivity contribution in [3.05, 3.63) is 11.1 Å². The van der Waals surface area contributed by atoms with Crippen molar-refractivity contribution in [2.45, 2.75) is 32.7 Å². The Labute approximate surface area is 83.4 Å². The zero-order valence-electron chi connectivity index (χ0n) is 8.37. The minimum atomic E-state index is 0.360. The average Bonchev–Trinajstić information content (AvgIpc) is 2.50.